The van der Waals surface area contributed by atoms with Gasteiger partial charge in [0.15, 0.2) is 0 Å². The minimum atomic E-state index is -0.122. The van der Waals surface area contributed by atoms with Crippen molar-refractivity contribution in [2.24, 2.45) is 0 Å². The Morgan fingerprint density at radius 1 is 0.302 bits per heavy atom. The van der Waals surface area contributed by atoms with E-state index in [4.69, 9.17) is 4.42 Å². The van der Waals surface area contributed by atoms with Crippen molar-refractivity contribution in [2.75, 3.05) is 0 Å². The van der Waals surface area contributed by atoms with E-state index in [1.165, 1.54) is 77.2 Å². The average molecular weight is 685 g/mol. The van der Waals surface area contributed by atoms with Crippen molar-refractivity contribution < 1.29 is 4.42 Å². The fourth-order valence-corrected chi connectivity index (χ4v) is 8.52. The first kappa shape index (κ1) is 33.0. The Morgan fingerprint density at radius 2 is 0.717 bits per heavy atom. The zero-order valence-electron chi connectivity index (χ0n) is 31.4. The van der Waals surface area contributed by atoms with Crippen LogP contribution < -0.4 is 0 Å². The standard InChI is InChI=1S/C52H44O/c1-51(2,3)42-32-43(52(4,5)6)48(34-21-11-8-12-22-34)50(47(42)33-19-9-7-10-20-33)49-39-26-15-13-24-37(39)46(38-25-14-16-27-40(38)49)35-29-30-45-41(31-35)36-23-17-18-28-44(36)53-45/h7-32H,1-6H3. The molecular weight excluding hydrogens is 641 g/mol. The summed E-state index contributed by atoms with van der Waals surface area (Å²) < 4.78 is 6.28. The summed E-state index contributed by atoms with van der Waals surface area (Å²) in [6.45, 7) is 14.2. The molecule has 9 rings (SSSR count). The van der Waals surface area contributed by atoms with E-state index in [2.05, 4.69) is 193 Å². The molecular formula is C52H44O. The molecule has 0 spiro atoms. The van der Waals surface area contributed by atoms with Gasteiger partial charge in [-0.2, -0.15) is 0 Å². The molecule has 1 aromatic heterocycles. The molecule has 9 aromatic rings. The molecule has 0 fully saturated rings. The van der Waals surface area contributed by atoms with E-state index in [1.807, 2.05) is 6.07 Å². The maximum absolute atomic E-state index is 6.28. The van der Waals surface area contributed by atoms with Crippen LogP contribution in [-0.2, 0) is 10.8 Å². The van der Waals surface area contributed by atoms with Crippen LogP contribution in [0.5, 0.6) is 0 Å². The molecule has 0 bridgehead atoms. The predicted octanol–water partition coefficient (Wildman–Crippen LogP) is 15.2. The summed E-state index contributed by atoms with van der Waals surface area (Å²) in [5, 5.41) is 7.26. The van der Waals surface area contributed by atoms with Gasteiger partial charge < -0.3 is 4.42 Å². The van der Waals surface area contributed by atoms with Gasteiger partial charge in [-0.1, -0.05) is 181 Å². The lowest BCUT2D eigenvalue weighted by atomic mass is 9.69. The largest absolute Gasteiger partial charge is 0.456 e. The highest BCUT2D eigenvalue weighted by Gasteiger charge is 2.32. The number of furan rings is 1. The fraction of sp³-hybridized carbons (Fsp3) is 0.154. The quantitative estimate of drug-likeness (QED) is 0.168. The average Bonchev–Trinajstić information content (AvgIpc) is 3.54. The van der Waals surface area contributed by atoms with E-state index in [0.29, 0.717) is 0 Å². The Kier molecular flexibility index (Phi) is 7.68. The van der Waals surface area contributed by atoms with Crippen LogP contribution in [-0.4, -0.2) is 0 Å². The molecule has 53 heavy (non-hydrogen) atoms. The number of fused-ring (bicyclic) bond motifs is 5. The van der Waals surface area contributed by atoms with Gasteiger partial charge in [0, 0.05) is 10.8 Å². The van der Waals surface area contributed by atoms with Gasteiger partial charge in [0.2, 0.25) is 0 Å². The summed E-state index contributed by atoms with van der Waals surface area (Å²) in [7, 11) is 0. The predicted molar refractivity (Wildman–Crippen MR) is 228 cm³/mol. The van der Waals surface area contributed by atoms with Crippen LogP contribution in [0.3, 0.4) is 0 Å². The molecule has 0 unspecified atom stereocenters. The van der Waals surface area contributed by atoms with Crippen molar-refractivity contribution in [3.63, 3.8) is 0 Å². The molecule has 0 aliphatic heterocycles. The van der Waals surface area contributed by atoms with Crippen LogP contribution in [0, 0.1) is 0 Å². The summed E-state index contributed by atoms with van der Waals surface area (Å²) in [5.74, 6) is 0. The second kappa shape index (κ2) is 12.3. The molecule has 8 aromatic carbocycles. The van der Waals surface area contributed by atoms with Gasteiger partial charge in [0.05, 0.1) is 0 Å². The SMILES string of the molecule is CC(C)(C)c1cc(C(C)(C)C)c(-c2ccccc2)c(-c2c3ccccc3c(-c3ccc4oc5ccccc5c4c3)c3ccccc23)c1-c1ccccc1. The van der Waals surface area contributed by atoms with Crippen LogP contribution in [0.1, 0.15) is 52.7 Å². The molecule has 0 saturated heterocycles. The molecule has 1 heterocycles. The minimum absolute atomic E-state index is 0.122. The van der Waals surface area contributed by atoms with Gasteiger partial charge in [-0.15, -0.1) is 0 Å². The Balaban J connectivity index is 1.51. The van der Waals surface area contributed by atoms with E-state index in [0.717, 1.165) is 21.9 Å². The Morgan fingerprint density at radius 3 is 1.21 bits per heavy atom. The van der Waals surface area contributed by atoms with Crippen LogP contribution >= 0.6 is 0 Å². The highest BCUT2D eigenvalue weighted by Crippen LogP contribution is 2.54. The number of hydrogen-bond donors (Lipinski definition) is 0. The molecule has 258 valence electrons. The Hall–Kier alpha value is -5.92. The number of hydrogen-bond acceptors (Lipinski definition) is 1. The third-order valence-corrected chi connectivity index (χ3v) is 10.9. The first-order valence-electron chi connectivity index (χ1n) is 18.8. The lowest BCUT2D eigenvalue weighted by Gasteiger charge is -2.34. The maximum Gasteiger partial charge on any atom is 0.135 e. The summed E-state index contributed by atoms with van der Waals surface area (Å²) in [5.41, 5.74) is 14.4. The Labute approximate surface area is 312 Å². The first-order valence-corrected chi connectivity index (χ1v) is 18.8. The van der Waals surface area contributed by atoms with Crippen molar-refractivity contribution in [3.8, 4) is 44.5 Å². The second-order valence-corrected chi connectivity index (χ2v) is 16.5. The van der Waals surface area contributed by atoms with Crippen LogP contribution in [0.25, 0.3) is 88.0 Å². The highest BCUT2D eigenvalue weighted by atomic mass is 16.3. The topological polar surface area (TPSA) is 13.1 Å². The monoisotopic (exact) mass is 684 g/mol. The van der Waals surface area contributed by atoms with Crippen molar-refractivity contribution in [3.05, 3.63) is 169 Å². The van der Waals surface area contributed by atoms with Gasteiger partial charge in [-0.3, -0.25) is 0 Å². The fourth-order valence-electron chi connectivity index (χ4n) is 8.52. The molecule has 0 saturated carbocycles. The molecule has 1 heteroatoms. The maximum atomic E-state index is 6.28. The van der Waals surface area contributed by atoms with Crippen molar-refractivity contribution in [2.45, 2.75) is 52.4 Å². The molecule has 0 amide bonds. The third kappa shape index (κ3) is 5.46. The van der Waals surface area contributed by atoms with E-state index in [-0.39, 0.29) is 10.8 Å². The molecule has 0 radical (unpaired) electrons. The first-order chi connectivity index (χ1) is 25.6. The number of benzene rings is 8. The summed E-state index contributed by atoms with van der Waals surface area (Å²) >= 11 is 0. The van der Waals surface area contributed by atoms with Crippen LogP contribution in [0.15, 0.2) is 162 Å². The summed E-state index contributed by atoms with van der Waals surface area (Å²) in [6, 6.07) is 57.9. The van der Waals surface area contributed by atoms with Gasteiger partial charge in [-0.05, 0) is 106 Å². The minimum Gasteiger partial charge on any atom is -0.456 e. The lowest BCUT2D eigenvalue weighted by molar-refractivity contribution is 0.571. The zero-order chi connectivity index (χ0) is 36.5. The smallest absolute Gasteiger partial charge is 0.135 e. The normalized spacial score (nSPS) is 12.3. The highest BCUT2D eigenvalue weighted by molar-refractivity contribution is 6.24. The van der Waals surface area contributed by atoms with Gasteiger partial charge in [0.25, 0.3) is 0 Å². The van der Waals surface area contributed by atoms with Crippen LogP contribution in [0.2, 0.25) is 0 Å². The lowest BCUT2D eigenvalue weighted by Crippen LogP contribution is -2.20. The van der Waals surface area contributed by atoms with Crippen LogP contribution in [0.4, 0.5) is 0 Å². The van der Waals surface area contributed by atoms with E-state index < -0.39 is 0 Å². The summed E-state index contributed by atoms with van der Waals surface area (Å²) in [6.07, 6.45) is 0. The third-order valence-electron chi connectivity index (χ3n) is 10.9. The molecule has 0 atom stereocenters. The molecule has 0 aliphatic rings. The van der Waals surface area contributed by atoms with E-state index in [9.17, 15) is 0 Å². The number of para-hydroxylation sites is 1. The van der Waals surface area contributed by atoms with Gasteiger partial charge in [0.1, 0.15) is 11.2 Å². The summed E-state index contributed by atoms with van der Waals surface area (Å²) in [4.78, 5) is 0. The second-order valence-electron chi connectivity index (χ2n) is 16.5. The molecule has 1 nitrogen and oxygen atoms in total. The van der Waals surface area contributed by atoms with Crippen molar-refractivity contribution in [1.82, 2.24) is 0 Å². The Bertz CT molecular complexity index is 2690. The number of rotatable bonds is 4. The molecule has 0 aliphatic carbocycles. The van der Waals surface area contributed by atoms with Crippen molar-refractivity contribution in [1.29, 1.82) is 0 Å². The zero-order valence-corrected chi connectivity index (χ0v) is 31.4. The van der Waals surface area contributed by atoms with Gasteiger partial charge >= 0.3 is 0 Å². The molecule has 0 N–H and O–H groups in total. The van der Waals surface area contributed by atoms with E-state index >= 15 is 0 Å². The van der Waals surface area contributed by atoms with E-state index in [1.54, 1.807) is 0 Å². The van der Waals surface area contributed by atoms with Crippen molar-refractivity contribution >= 4 is 43.5 Å². The van der Waals surface area contributed by atoms with Gasteiger partial charge in [-0.25, -0.2) is 0 Å².